The maximum Gasteiger partial charge on any atom is 0.158 e. The van der Waals surface area contributed by atoms with Crippen LogP contribution < -0.4 is 0 Å². The molecule has 0 aromatic heterocycles. The molecule has 18 heavy (non-hydrogen) atoms. The van der Waals surface area contributed by atoms with Gasteiger partial charge in [0.1, 0.15) is 6.10 Å². The molecule has 1 aromatic rings. The van der Waals surface area contributed by atoms with E-state index in [1.165, 1.54) is 0 Å². The highest BCUT2D eigenvalue weighted by Gasteiger charge is 2.23. The molecule has 98 valence electrons. The van der Waals surface area contributed by atoms with E-state index in [0.717, 1.165) is 31.4 Å². The number of carbonyl (C=O) groups is 1. The van der Waals surface area contributed by atoms with Gasteiger partial charge in [0, 0.05) is 13.0 Å². The quantitative estimate of drug-likeness (QED) is 0.803. The lowest BCUT2D eigenvalue weighted by Gasteiger charge is -2.26. The molecule has 0 radical (unpaired) electrons. The largest absolute Gasteiger partial charge is 0.353 e. The first kappa shape index (κ1) is 13.2. The molecule has 0 spiro atoms. The monoisotopic (exact) mass is 248 g/mol. The zero-order valence-electron chi connectivity index (χ0n) is 10.8. The van der Waals surface area contributed by atoms with Crippen molar-refractivity contribution >= 4 is 5.78 Å². The summed E-state index contributed by atoms with van der Waals surface area (Å²) in [4.78, 5) is 11.6. The summed E-state index contributed by atoms with van der Waals surface area (Å²) in [5.41, 5.74) is 1.12. The molecule has 1 heterocycles. The van der Waals surface area contributed by atoms with Gasteiger partial charge in [0.05, 0.1) is 0 Å². The van der Waals surface area contributed by atoms with Crippen LogP contribution in [0.3, 0.4) is 0 Å². The summed E-state index contributed by atoms with van der Waals surface area (Å²) in [6.07, 6.45) is 3.10. The molecule has 0 amide bonds. The van der Waals surface area contributed by atoms with E-state index in [-0.39, 0.29) is 12.1 Å². The van der Waals surface area contributed by atoms with Crippen molar-refractivity contribution in [2.24, 2.45) is 0 Å². The zero-order chi connectivity index (χ0) is 12.8. The summed E-state index contributed by atoms with van der Waals surface area (Å²) in [6.45, 7) is 2.32. The standard InChI is InChI=1S/C15H20O3/c1-12(16)14(11-13-7-3-2-4-8-13)18-15-9-5-6-10-17-15/h2-4,7-8,14-15H,5-6,9-11H2,1H3. The average Bonchev–Trinajstić information content (AvgIpc) is 2.40. The number of benzene rings is 1. The Morgan fingerprint density at radius 1 is 1.39 bits per heavy atom. The maximum absolute atomic E-state index is 11.6. The van der Waals surface area contributed by atoms with Crippen LogP contribution in [-0.2, 0) is 20.7 Å². The van der Waals surface area contributed by atoms with E-state index in [1.807, 2.05) is 30.3 Å². The molecule has 0 aliphatic carbocycles. The third-order valence-electron chi connectivity index (χ3n) is 3.17. The first-order chi connectivity index (χ1) is 8.75. The fraction of sp³-hybridized carbons (Fsp3) is 0.533. The summed E-state index contributed by atoms with van der Waals surface area (Å²) < 4.78 is 11.3. The van der Waals surface area contributed by atoms with Crippen molar-refractivity contribution in [2.75, 3.05) is 6.61 Å². The van der Waals surface area contributed by atoms with Gasteiger partial charge in [0.2, 0.25) is 0 Å². The van der Waals surface area contributed by atoms with Gasteiger partial charge in [-0.25, -0.2) is 0 Å². The van der Waals surface area contributed by atoms with E-state index in [2.05, 4.69) is 0 Å². The topological polar surface area (TPSA) is 35.5 Å². The lowest BCUT2D eigenvalue weighted by Crippen LogP contribution is -2.33. The number of carbonyl (C=O) groups excluding carboxylic acids is 1. The molecule has 2 atom stereocenters. The van der Waals surface area contributed by atoms with Crippen LogP contribution in [-0.4, -0.2) is 24.8 Å². The second kappa shape index (κ2) is 6.66. The molecular weight excluding hydrogens is 228 g/mol. The summed E-state index contributed by atoms with van der Waals surface area (Å²) in [5, 5.41) is 0. The van der Waals surface area contributed by atoms with Gasteiger partial charge < -0.3 is 9.47 Å². The zero-order valence-corrected chi connectivity index (χ0v) is 10.8. The van der Waals surface area contributed by atoms with Crippen molar-refractivity contribution in [3.05, 3.63) is 35.9 Å². The van der Waals surface area contributed by atoms with E-state index in [0.29, 0.717) is 6.42 Å². The van der Waals surface area contributed by atoms with Crippen molar-refractivity contribution in [1.29, 1.82) is 0 Å². The van der Waals surface area contributed by atoms with Crippen LogP contribution in [0.2, 0.25) is 0 Å². The Morgan fingerprint density at radius 2 is 2.17 bits per heavy atom. The Bertz CT molecular complexity index is 369. The molecule has 1 aromatic carbocycles. The van der Waals surface area contributed by atoms with Crippen LogP contribution in [0.1, 0.15) is 31.7 Å². The van der Waals surface area contributed by atoms with Gasteiger partial charge in [-0.05, 0) is 31.7 Å². The minimum Gasteiger partial charge on any atom is -0.353 e. The second-order valence-corrected chi connectivity index (χ2v) is 4.72. The van der Waals surface area contributed by atoms with Crippen LogP contribution >= 0.6 is 0 Å². The number of hydrogen-bond acceptors (Lipinski definition) is 3. The molecule has 1 aliphatic rings. The van der Waals surface area contributed by atoms with Gasteiger partial charge in [-0.2, -0.15) is 0 Å². The van der Waals surface area contributed by atoms with Crippen molar-refractivity contribution in [2.45, 2.75) is 45.0 Å². The molecule has 1 aliphatic heterocycles. The molecule has 0 N–H and O–H groups in total. The Balaban J connectivity index is 1.93. The Kier molecular flexibility index (Phi) is 4.90. The first-order valence-electron chi connectivity index (χ1n) is 6.57. The van der Waals surface area contributed by atoms with Gasteiger partial charge in [0.25, 0.3) is 0 Å². The fourth-order valence-electron chi connectivity index (χ4n) is 2.12. The highest BCUT2D eigenvalue weighted by atomic mass is 16.7. The molecule has 2 unspecified atom stereocenters. The van der Waals surface area contributed by atoms with Crippen molar-refractivity contribution < 1.29 is 14.3 Å². The average molecular weight is 248 g/mol. The predicted octanol–water partition coefficient (Wildman–Crippen LogP) is 2.73. The van der Waals surface area contributed by atoms with E-state index < -0.39 is 6.10 Å². The molecular formula is C15H20O3. The minimum atomic E-state index is -0.393. The van der Waals surface area contributed by atoms with Gasteiger partial charge in [0.15, 0.2) is 12.1 Å². The van der Waals surface area contributed by atoms with Gasteiger partial charge in [-0.1, -0.05) is 30.3 Å². The van der Waals surface area contributed by atoms with Gasteiger partial charge in [-0.3, -0.25) is 4.79 Å². The van der Waals surface area contributed by atoms with Crippen molar-refractivity contribution in [3.63, 3.8) is 0 Å². The van der Waals surface area contributed by atoms with Crippen LogP contribution in [0.25, 0.3) is 0 Å². The minimum absolute atomic E-state index is 0.0630. The van der Waals surface area contributed by atoms with E-state index in [4.69, 9.17) is 9.47 Å². The highest BCUT2D eigenvalue weighted by molar-refractivity contribution is 5.80. The number of Topliss-reactive ketones (excluding diaryl/α,β-unsaturated/α-hetero) is 1. The molecule has 0 bridgehead atoms. The van der Waals surface area contributed by atoms with Crippen LogP contribution in [0.4, 0.5) is 0 Å². The normalized spacial score (nSPS) is 21.5. The Hall–Kier alpha value is -1.19. The molecule has 2 rings (SSSR count). The first-order valence-corrected chi connectivity index (χ1v) is 6.57. The van der Waals surface area contributed by atoms with Crippen LogP contribution in [0, 0.1) is 0 Å². The molecule has 0 saturated carbocycles. The predicted molar refractivity (Wildman–Crippen MR) is 69.3 cm³/mol. The molecule has 1 fully saturated rings. The van der Waals surface area contributed by atoms with Crippen LogP contribution in [0.5, 0.6) is 0 Å². The fourth-order valence-corrected chi connectivity index (χ4v) is 2.12. The van der Waals surface area contributed by atoms with Gasteiger partial charge >= 0.3 is 0 Å². The number of rotatable bonds is 5. The SMILES string of the molecule is CC(=O)C(Cc1ccccc1)OC1CCCCO1. The van der Waals surface area contributed by atoms with E-state index in [1.54, 1.807) is 6.92 Å². The molecule has 3 heteroatoms. The smallest absolute Gasteiger partial charge is 0.158 e. The maximum atomic E-state index is 11.6. The van der Waals surface area contributed by atoms with Crippen molar-refractivity contribution in [1.82, 2.24) is 0 Å². The Labute approximate surface area is 108 Å². The number of hydrogen-bond donors (Lipinski definition) is 0. The van der Waals surface area contributed by atoms with Crippen LogP contribution in [0.15, 0.2) is 30.3 Å². The second-order valence-electron chi connectivity index (χ2n) is 4.72. The molecule has 1 saturated heterocycles. The lowest BCUT2D eigenvalue weighted by atomic mass is 10.1. The third kappa shape index (κ3) is 3.93. The summed E-state index contributed by atoms with van der Waals surface area (Å²) in [5.74, 6) is 0.0630. The molecule has 3 nitrogen and oxygen atoms in total. The lowest BCUT2D eigenvalue weighted by molar-refractivity contribution is -0.190. The van der Waals surface area contributed by atoms with Gasteiger partial charge in [-0.15, -0.1) is 0 Å². The summed E-state index contributed by atoms with van der Waals surface area (Å²) in [7, 11) is 0. The highest BCUT2D eigenvalue weighted by Crippen LogP contribution is 2.17. The van der Waals surface area contributed by atoms with Crippen molar-refractivity contribution in [3.8, 4) is 0 Å². The van der Waals surface area contributed by atoms with E-state index in [9.17, 15) is 4.79 Å². The Morgan fingerprint density at radius 3 is 2.78 bits per heavy atom. The number of ether oxygens (including phenoxy) is 2. The third-order valence-corrected chi connectivity index (χ3v) is 3.17. The summed E-state index contributed by atoms with van der Waals surface area (Å²) in [6, 6.07) is 9.95. The summed E-state index contributed by atoms with van der Waals surface area (Å²) >= 11 is 0. The van der Waals surface area contributed by atoms with E-state index >= 15 is 0 Å². The number of ketones is 1.